The van der Waals surface area contributed by atoms with Crippen molar-refractivity contribution in [1.82, 2.24) is 10.6 Å². The highest BCUT2D eigenvalue weighted by Gasteiger charge is 2.35. The van der Waals surface area contributed by atoms with E-state index in [1.165, 1.54) is 6.26 Å². The molecule has 1 aromatic carbocycles. The standard InChI is InChI=1S/C18H18BrN3O4/c19-13-3-1-4-14(8-13)22-11-12(7-17(22)24)18(25)21-10-16(23)20-9-15-5-2-6-26-15/h1-6,8,12H,7,9-11H2,(H,20,23)(H,21,25). The molecule has 0 bridgehead atoms. The van der Waals surface area contributed by atoms with Gasteiger partial charge in [0.2, 0.25) is 17.7 Å². The van der Waals surface area contributed by atoms with E-state index in [0.29, 0.717) is 12.3 Å². The SMILES string of the molecule is O=C(CNC(=O)C1CC(=O)N(c2cccc(Br)c2)C1)NCc1ccco1. The maximum atomic E-state index is 12.3. The maximum absolute atomic E-state index is 12.3. The lowest BCUT2D eigenvalue weighted by Gasteiger charge is -2.17. The molecule has 1 aliphatic rings. The van der Waals surface area contributed by atoms with Gasteiger partial charge in [-0.1, -0.05) is 22.0 Å². The smallest absolute Gasteiger partial charge is 0.239 e. The van der Waals surface area contributed by atoms with Gasteiger partial charge in [-0.05, 0) is 30.3 Å². The summed E-state index contributed by atoms with van der Waals surface area (Å²) in [6.07, 6.45) is 1.66. The molecular weight excluding hydrogens is 402 g/mol. The minimum atomic E-state index is -0.473. The minimum Gasteiger partial charge on any atom is -0.467 e. The Morgan fingerprint density at radius 3 is 2.81 bits per heavy atom. The fourth-order valence-corrected chi connectivity index (χ4v) is 3.14. The summed E-state index contributed by atoms with van der Waals surface area (Å²) in [5, 5.41) is 5.24. The van der Waals surface area contributed by atoms with Crippen molar-refractivity contribution in [2.45, 2.75) is 13.0 Å². The molecule has 1 saturated heterocycles. The Morgan fingerprint density at radius 2 is 2.08 bits per heavy atom. The molecule has 1 aliphatic heterocycles. The molecule has 8 heteroatoms. The molecule has 0 aliphatic carbocycles. The number of nitrogens with zero attached hydrogens (tertiary/aromatic N) is 1. The number of benzene rings is 1. The van der Waals surface area contributed by atoms with Crippen LogP contribution >= 0.6 is 15.9 Å². The number of halogens is 1. The third-order valence-corrected chi connectivity index (χ3v) is 4.57. The Labute approximate surface area is 158 Å². The summed E-state index contributed by atoms with van der Waals surface area (Å²) in [4.78, 5) is 37.9. The highest BCUT2D eigenvalue weighted by Crippen LogP contribution is 2.27. The molecule has 1 aromatic heterocycles. The van der Waals surface area contributed by atoms with E-state index >= 15 is 0 Å². The zero-order valence-corrected chi connectivity index (χ0v) is 15.5. The largest absolute Gasteiger partial charge is 0.467 e. The van der Waals surface area contributed by atoms with Crippen molar-refractivity contribution in [3.63, 3.8) is 0 Å². The summed E-state index contributed by atoms with van der Waals surface area (Å²) in [5.41, 5.74) is 0.746. The van der Waals surface area contributed by atoms with Crippen LogP contribution in [-0.4, -0.2) is 30.8 Å². The molecule has 2 aromatic rings. The summed E-state index contributed by atoms with van der Waals surface area (Å²) in [6, 6.07) is 10.8. The van der Waals surface area contributed by atoms with E-state index in [0.717, 1.165) is 10.2 Å². The Balaban J connectivity index is 1.48. The lowest BCUT2D eigenvalue weighted by Crippen LogP contribution is -2.40. The quantitative estimate of drug-likeness (QED) is 0.746. The fourth-order valence-electron chi connectivity index (χ4n) is 2.75. The molecule has 2 N–H and O–H groups in total. The zero-order valence-electron chi connectivity index (χ0n) is 13.9. The van der Waals surface area contributed by atoms with Gasteiger partial charge < -0.3 is 20.0 Å². The molecule has 136 valence electrons. The van der Waals surface area contributed by atoms with Crippen LogP contribution in [0, 0.1) is 5.92 Å². The number of hydrogen-bond acceptors (Lipinski definition) is 4. The Morgan fingerprint density at radius 1 is 1.23 bits per heavy atom. The zero-order chi connectivity index (χ0) is 18.5. The highest BCUT2D eigenvalue weighted by molar-refractivity contribution is 9.10. The molecule has 1 fully saturated rings. The Kier molecular flexibility index (Phi) is 5.72. The van der Waals surface area contributed by atoms with Crippen LogP contribution < -0.4 is 15.5 Å². The first kappa shape index (κ1) is 18.2. The normalized spacial score (nSPS) is 16.6. The lowest BCUT2D eigenvalue weighted by molar-refractivity contribution is -0.129. The van der Waals surface area contributed by atoms with Gasteiger partial charge in [-0.3, -0.25) is 14.4 Å². The van der Waals surface area contributed by atoms with Gasteiger partial charge in [-0.15, -0.1) is 0 Å². The number of rotatable bonds is 6. The van der Waals surface area contributed by atoms with Crippen molar-refractivity contribution < 1.29 is 18.8 Å². The second-order valence-electron chi connectivity index (χ2n) is 5.96. The first-order valence-electron chi connectivity index (χ1n) is 8.15. The molecule has 3 rings (SSSR count). The van der Waals surface area contributed by atoms with E-state index in [-0.39, 0.29) is 37.2 Å². The second-order valence-corrected chi connectivity index (χ2v) is 6.87. The molecule has 0 spiro atoms. The van der Waals surface area contributed by atoms with Crippen LogP contribution in [-0.2, 0) is 20.9 Å². The summed E-state index contributed by atoms with van der Waals surface area (Å²) >= 11 is 3.37. The molecule has 7 nitrogen and oxygen atoms in total. The van der Waals surface area contributed by atoms with E-state index in [1.54, 1.807) is 17.0 Å². The number of carbonyl (C=O) groups excluding carboxylic acids is 3. The van der Waals surface area contributed by atoms with E-state index in [2.05, 4.69) is 26.6 Å². The van der Waals surface area contributed by atoms with Gasteiger partial charge in [-0.25, -0.2) is 0 Å². The van der Waals surface area contributed by atoms with Crippen molar-refractivity contribution in [2.24, 2.45) is 5.92 Å². The van der Waals surface area contributed by atoms with Crippen LogP contribution in [0.5, 0.6) is 0 Å². The topological polar surface area (TPSA) is 91.7 Å². The lowest BCUT2D eigenvalue weighted by atomic mass is 10.1. The van der Waals surface area contributed by atoms with Crippen LogP contribution in [0.25, 0.3) is 0 Å². The maximum Gasteiger partial charge on any atom is 0.239 e. The van der Waals surface area contributed by atoms with Gasteiger partial charge in [0, 0.05) is 23.1 Å². The van der Waals surface area contributed by atoms with Gasteiger partial charge in [0.1, 0.15) is 5.76 Å². The number of anilines is 1. The van der Waals surface area contributed by atoms with Crippen LogP contribution in [0.15, 0.2) is 51.6 Å². The molecule has 0 saturated carbocycles. The van der Waals surface area contributed by atoms with Crippen molar-refractivity contribution in [2.75, 3.05) is 18.0 Å². The monoisotopic (exact) mass is 419 g/mol. The molecule has 1 atom stereocenters. The van der Waals surface area contributed by atoms with Crippen molar-refractivity contribution in [3.8, 4) is 0 Å². The van der Waals surface area contributed by atoms with Crippen LogP contribution in [0.4, 0.5) is 5.69 Å². The van der Waals surface area contributed by atoms with Crippen LogP contribution in [0.2, 0.25) is 0 Å². The van der Waals surface area contributed by atoms with E-state index in [1.807, 2.05) is 24.3 Å². The van der Waals surface area contributed by atoms with E-state index < -0.39 is 5.92 Å². The predicted molar refractivity (Wildman–Crippen MR) is 98.2 cm³/mol. The number of amides is 3. The first-order chi connectivity index (χ1) is 12.5. The highest BCUT2D eigenvalue weighted by atomic mass is 79.9. The van der Waals surface area contributed by atoms with Gasteiger partial charge in [0.25, 0.3) is 0 Å². The number of furan rings is 1. The average Bonchev–Trinajstić information content (AvgIpc) is 3.27. The van der Waals surface area contributed by atoms with Gasteiger partial charge in [0.15, 0.2) is 0 Å². The van der Waals surface area contributed by atoms with Crippen LogP contribution in [0.3, 0.4) is 0 Å². The number of carbonyl (C=O) groups is 3. The van der Waals surface area contributed by atoms with Gasteiger partial charge >= 0.3 is 0 Å². The molecule has 0 radical (unpaired) electrons. The second kappa shape index (κ2) is 8.18. The van der Waals surface area contributed by atoms with Crippen molar-refractivity contribution in [3.05, 3.63) is 52.9 Å². The fraction of sp³-hybridized carbons (Fsp3) is 0.278. The van der Waals surface area contributed by atoms with Crippen LogP contribution in [0.1, 0.15) is 12.2 Å². The molecule has 2 heterocycles. The third kappa shape index (κ3) is 4.51. The summed E-state index contributed by atoms with van der Waals surface area (Å²) in [7, 11) is 0. The summed E-state index contributed by atoms with van der Waals surface area (Å²) < 4.78 is 5.98. The summed E-state index contributed by atoms with van der Waals surface area (Å²) in [5.74, 6) is -0.562. The molecular formula is C18H18BrN3O4. The predicted octanol–water partition coefficient (Wildman–Crippen LogP) is 1.83. The average molecular weight is 420 g/mol. The van der Waals surface area contributed by atoms with E-state index in [9.17, 15) is 14.4 Å². The van der Waals surface area contributed by atoms with Crippen molar-refractivity contribution in [1.29, 1.82) is 0 Å². The number of hydrogen-bond donors (Lipinski definition) is 2. The molecule has 1 unspecified atom stereocenters. The van der Waals surface area contributed by atoms with Gasteiger partial charge in [-0.2, -0.15) is 0 Å². The summed E-state index contributed by atoms with van der Waals surface area (Å²) in [6.45, 7) is 0.427. The van der Waals surface area contributed by atoms with Gasteiger partial charge in [0.05, 0.1) is 25.3 Å². The Bertz CT molecular complexity index is 807. The minimum absolute atomic E-state index is 0.106. The first-order valence-corrected chi connectivity index (χ1v) is 8.95. The van der Waals surface area contributed by atoms with E-state index in [4.69, 9.17) is 4.42 Å². The number of nitrogens with one attached hydrogen (secondary N) is 2. The van der Waals surface area contributed by atoms with Crippen molar-refractivity contribution >= 4 is 39.3 Å². The molecule has 3 amide bonds. The Hall–Kier alpha value is -2.61. The third-order valence-electron chi connectivity index (χ3n) is 4.08. The molecule has 26 heavy (non-hydrogen) atoms.